The van der Waals surface area contributed by atoms with Crippen molar-refractivity contribution < 1.29 is 14.1 Å². The molecule has 0 saturated heterocycles. The number of hydrogen-bond donors (Lipinski definition) is 4. The molecule has 2 aromatic heterocycles. The Kier molecular flexibility index (Phi) is 4.77. The topological polar surface area (TPSA) is 152 Å². The van der Waals surface area contributed by atoms with Crippen molar-refractivity contribution in [2.45, 2.75) is 48.8 Å². The zero-order valence-corrected chi connectivity index (χ0v) is 17.5. The molecule has 1 amide bonds. The standard InChI is InChI=1S/C20H23N7O3S/c21-27-17(28)15-10-12-11-23-19(24-13-4-6-14(7-5-13)31(22)30)25-16(12)26(15)20(18(27)29)8-2-1-3-9-20/h4-7,10-11,17,28H,1-3,8-9,21-22H2,(H,23,24,25). The Labute approximate surface area is 180 Å². The molecule has 1 aliphatic carbocycles. The number of anilines is 2. The summed E-state index contributed by atoms with van der Waals surface area (Å²) in [5.41, 5.74) is 0.979. The number of carbonyl (C=O) groups excluding carboxylic acids is 1. The lowest BCUT2D eigenvalue weighted by molar-refractivity contribution is -0.161. The molecule has 2 aliphatic rings. The van der Waals surface area contributed by atoms with Crippen LogP contribution in [0, 0.1) is 0 Å². The zero-order valence-electron chi connectivity index (χ0n) is 16.7. The Morgan fingerprint density at radius 3 is 2.58 bits per heavy atom. The number of rotatable bonds is 3. The lowest BCUT2D eigenvalue weighted by Crippen LogP contribution is -2.59. The number of amides is 1. The molecule has 2 unspecified atom stereocenters. The smallest absolute Gasteiger partial charge is 0.265 e. The first kappa shape index (κ1) is 20.1. The van der Waals surface area contributed by atoms with Crippen LogP contribution in [0.5, 0.6) is 0 Å². The maximum Gasteiger partial charge on any atom is 0.265 e. The number of aliphatic hydroxyl groups excluding tert-OH is 1. The summed E-state index contributed by atoms with van der Waals surface area (Å²) in [5.74, 6) is 6.03. The number of nitrogens with zero attached hydrogens (tertiary/aromatic N) is 4. The molecule has 6 N–H and O–H groups in total. The van der Waals surface area contributed by atoms with E-state index >= 15 is 0 Å². The largest absolute Gasteiger partial charge is 0.367 e. The fourth-order valence-corrected chi connectivity index (χ4v) is 5.08. The van der Waals surface area contributed by atoms with Crippen LogP contribution in [-0.2, 0) is 21.3 Å². The Morgan fingerprint density at radius 2 is 1.90 bits per heavy atom. The van der Waals surface area contributed by atoms with Crippen LogP contribution in [0.3, 0.4) is 0 Å². The van der Waals surface area contributed by atoms with Gasteiger partial charge in [0.1, 0.15) is 22.2 Å². The third-order valence-electron chi connectivity index (χ3n) is 6.18. The van der Waals surface area contributed by atoms with E-state index in [9.17, 15) is 14.1 Å². The number of fused-ring (bicyclic) bond motifs is 4. The molecule has 3 heterocycles. The quantitative estimate of drug-likeness (QED) is 0.355. The summed E-state index contributed by atoms with van der Waals surface area (Å²) in [4.78, 5) is 22.8. The van der Waals surface area contributed by atoms with Gasteiger partial charge >= 0.3 is 0 Å². The van der Waals surface area contributed by atoms with Crippen molar-refractivity contribution in [3.8, 4) is 0 Å². The SMILES string of the molecule is NN1C(=O)C2(CCCCC2)n2c(cc3cnc(Nc4ccc(S(N)=O)cc4)nc32)C1O. The van der Waals surface area contributed by atoms with E-state index in [0.717, 1.165) is 29.7 Å². The Morgan fingerprint density at radius 1 is 1.19 bits per heavy atom. The van der Waals surface area contributed by atoms with Gasteiger partial charge in [0.15, 0.2) is 6.23 Å². The van der Waals surface area contributed by atoms with E-state index in [0.29, 0.717) is 40.7 Å². The molecule has 10 nitrogen and oxygen atoms in total. The number of hydrogen-bond acceptors (Lipinski definition) is 7. The summed E-state index contributed by atoms with van der Waals surface area (Å²) < 4.78 is 13.2. The predicted molar refractivity (Wildman–Crippen MR) is 115 cm³/mol. The van der Waals surface area contributed by atoms with E-state index in [1.165, 1.54) is 0 Å². The van der Waals surface area contributed by atoms with Crippen molar-refractivity contribution in [3.05, 3.63) is 42.2 Å². The third-order valence-corrected chi connectivity index (χ3v) is 6.92. The number of hydrazine groups is 1. The summed E-state index contributed by atoms with van der Waals surface area (Å²) in [6.45, 7) is 0. The number of aliphatic hydroxyl groups is 1. The summed E-state index contributed by atoms with van der Waals surface area (Å²) in [7, 11) is -1.55. The van der Waals surface area contributed by atoms with E-state index in [2.05, 4.69) is 15.3 Å². The molecule has 1 aliphatic heterocycles. The van der Waals surface area contributed by atoms with Gasteiger partial charge in [0.05, 0.1) is 10.6 Å². The summed E-state index contributed by atoms with van der Waals surface area (Å²) in [6, 6.07) is 8.60. The highest BCUT2D eigenvalue weighted by atomic mass is 32.2. The maximum absolute atomic E-state index is 13.2. The molecule has 0 radical (unpaired) electrons. The van der Waals surface area contributed by atoms with E-state index in [1.54, 1.807) is 36.5 Å². The molecular formula is C20H23N7O3S. The van der Waals surface area contributed by atoms with Crippen LogP contribution in [0.2, 0.25) is 0 Å². The highest BCUT2D eigenvalue weighted by Crippen LogP contribution is 2.45. The number of aromatic nitrogens is 3. The summed E-state index contributed by atoms with van der Waals surface area (Å²) in [6.07, 6.45) is 4.58. The highest BCUT2D eigenvalue weighted by Gasteiger charge is 2.51. The van der Waals surface area contributed by atoms with Gasteiger partial charge < -0.3 is 15.0 Å². The Balaban J connectivity index is 1.60. The fraction of sp³-hybridized carbons (Fsp3) is 0.350. The first-order valence-corrected chi connectivity index (χ1v) is 11.3. The molecule has 2 atom stereocenters. The molecular weight excluding hydrogens is 418 g/mol. The summed E-state index contributed by atoms with van der Waals surface area (Å²) >= 11 is 0. The van der Waals surface area contributed by atoms with Crippen molar-refractivity contribution in [2.75, 3.05) is 5.32 Å². The first-order valence-electron chi connectivity index (χ1n) is 10.1. The Bertz CT molecular complexity index is 1190. The van der Waals surface area contributed by atoms with Crippen molar-refractivity contribution in [2.24, 2.45) is 11.0 Å². The molecule has 1 aromatic carbocycles. The van der Waals surface area contributed by atoms with Crippen LogP contribution in [0.1, 0.15) is 44.0 Å². The van der Waals surface area contributed by atoms with E-state index in [-0.39, 0.29) is 5.91 Å². The molecule has 0 bridgehead atoms. The van der Waals surface area contributed by atoms with Gasteiger partial charge in [0.2, 0.25) is 5.95 Å². The third kappa shape index (κ3) is 3.12. The van der Waals surface area contributed by atoms with Gasteiger partial charge in [-0.05, 0) is 43.2 Å². The van der Waals surface area contributed by atoms with Crippen LogP contribution >= 0.6 is 0 Å². The number of benzene rings is 1. The van der Waals surface area contributed by atoms with Crippen molar-refractivity contribution in [1.82, 2.24) is 19.5 Å². The lowest BCUT2D eigenvalue weighted by atomic mass is 9.79. The zero-order chi connectivity index (χ0) is 21.8. The fourth-order valence-electron chi connectivity index (χ4n) is 4.67. The normalized spacial score (nSPS) is 21.3. The average molecular weight is 442 g/mol. The molecule has 1 fully saturated rings. The van der Waals surface area contributed by atoms with Gasteiger partial charge in [0.25, 0.3) is 5.91 Å². The minimum absolute atomic E-state index is 0.289. The van der Waals surface area contributed by atoms with Crippen LogP contribution in [-0.4, -0.2) is 34.8 Å². The first-order chi connectivity index (χ1) is 14.9. The van der Waals surface area contributed by atoms with E-state index in [4.69, 9.17) is 11.0 Å². The second-order valence-corrected chi connectivity index (χ2v) is 9.07. The monoisotopic (exact) mass is 441 g/mol. The molecule has 162 valence electrons. The van der Waals surface area contributed by atoms with Crippen molar-refractivity contribution in [3.63, 3.8) is 0 Å². The molecule has 31 heavy (non-hydrogen) atoms. The van der Waals surface area contributed by atoms with Gasteiger partial charge in [-0.1, -0.05) is 19.3 Å². The van der Waals surface area contributed by atoms with E-state index in [1.807, 2.05) is 4.57 Å². The lowest BCUT2D eigenvalue weighted by Gasteiger charge is -2.46. The summed E-state index contributed by atoms with van der Waals surface area (Å²) in [5, 5.41) is 20.8. The van der Waals surface area contributed by atoms with E-state index < -0.39 is 22.8 Å². The predicted octanol–water partition coefficient (Wildman–Crippen LogP) is 1.52. The molecule has 1 spiro atoms. The molecule has 3 aromatic rings. The van der Waals surface area contributed by atoms with Crippen molar-refractivity contribution >= 4 is 39.6 Å². The van der Waals surface area contributed by atoms with Crippen LogP contribution in [0.4, 0.5) is 11.6 Å². The number of carbonyl (C=O) groups is 1. The van der Waals surface area contributed by atoms with Gasteiger partial charge in [-0.2, -0.15) is 4.98 Å². The van der Waals surface area contributed by atoms with Crippen LogP contribution in [0.15, 0.2) is 41.4 Å². The molecule has 5 rings (SSSR count). The average Bonchev–Trinajstić information content (AvgIpc) is 3.17. The van der Waals surface area contributed by atoms with Gasteiger partial charge in [-0.25, -0.2) is 25.2 Å². The number of nitrogens with two attached hydrogens (primary N) is 2. The second-order valence-electron chi connectivity index (χ2n) is 8.00. The van der Waals surface area contributed by atoms with Crippen LogP contribution in [0.25, 0.3) is 11.0 Å². The Hall–Kier alpha value is -2.86. The highest BCUT2D eigenvalue weighted by molar-refractivity contribution is 7.82. The maximum atomic E-state index is 13.2. The van der Waals surface area contributed by atoms with Crippen LogP contribution < -0.4 is 16.3 Å². The number of nitrogens with one attached hydrogen (secondary N) is 1. The van der Waals surface area contributed by atoms with Gasteiger partial charge in [-0.3, -0.25) is 4.79 Å². The molecule has 1 saturated carbocycles. The second kappa shape index (κ2) is 7.38. The van der Waals surface area contributed by atoms with Gasteiger partial charge in [-0.15, -0.1) is 0 Å². The minimum Gasteiger partial charge on any atom is -0.367 e. The molecule has 11 heteroatoms. The minimum atomic E-state index is -1.55. The van der Waals surface area contributed by atoms with Crippen molar-refractivity contribution in [1.29, 1.82) is 0 Å². The van der Waals surface area contributed by atoms with Gasteiger partial charge in [0, 0.05) is 17.3 Å².